The molecule has 0 aliphatic carbocycles. The molecule has 0 saturated carbocycles. The van der Waals surface area contributed by atoms with E-state index < -0.39 is 6.04 Å². The van der Waals surface area contributed by atoms with Crippen LogP contribution < -0.4 is 10.1 Å². The number of piperazine rings is 1. The number of nitrogens with zero attached hydrogens (tertiary/aromatic N) is 2. The summed E-state index contributed by atoms with van der Waals surface area (Å²) in [6.07, 6.45) is 0.0964. The van der Waals surface area contributed by atoms with Crippen LogP contribution >= 0.6 is 0 Å². The first-order valence-electron chi connectivity index (χ1n) is 8.64. The van der Waals surface area contributed by atoms with Crippen LogP contribution in [0, 0.1) is 0 Å². The lowest BCUT2D eigenvalue weighted by atomic mass is 10.1. The SMILES string of the molecule is CCOc1ccccc1CN1CCNC(=O)[C@H]1CC(=O)N(C)CCO. The number of para-hydroxylation sites is 1. The molecule has 0 spiro atoms. The summed E-state index contributed by atoms with van der Waals surface area (Å²) in [4.78, 5) is 28.1. The molecule has 0 aromatic heterocycles. The fourth-order valence-electron chi connectivity index (χ4n) is 2.92. The van der Waals surface area contributed by atoms with Gasteiger partial charge in [-0.25, -0.2) is 0 Å². The number of nitrogens with one attached hydrogen (secondary N) is 1. The van der Waals surface area contributed by atoms with Crippen molar-refractivity contribution in [2.24, 2.45) is 0 Å². The molecule has 7 nitrogen and oxygen atoms in total. The zero-order valence-electron chi connectivity index (χ0n) is 14.9. The van der Waals surface area contributed by atoms with E-state index in [0.717, 1.165) is 11.3 Å². The number of aliphatic hydroxyl groups excluding tert-OH is 1. The van der Waals surface area contributed by atoms with Crippen molar-refractivity contribution < 1.29 is 19.4 Å². The number of ether oxygens (including phenoxy) is 1. The van der Waals surface area contributed by atoms with Gasteiger partial charge in [-0.15, -0.1) is 0 Å². The second-order valence-electron chi connectivity index (χ2n) is 6.06. The number of aliphatic hydroxyl groups is 1. The fourth-order valence-corrected chi connectivity index (χ4v) is 2.92. The first-order valence-corrected chi connectivity index (χ1v) is 8.64. The summed E-state index contributed by atoms with van der Waals surface area (Å²) >= 11 is 0. The fraction of sp³-hybridized carbons (Fsp3) is 0.556. The molecule has 2 amide bonds. The Morgan fingerprint density at radius 3 is 2.92 bits per heavy atom. The normalized spacial score (nSPS) is 17.9. The maximum Gasteiger partial charge on any atom is 0.237 e. The van der Waals surface area contributed by atoms with E-state index in [1.54, 1.807) is 7.05 Å². The van der Waals surface area contributed by atoms with Crippen LogP contribution in [-0.4, -0.2) is 72.7 Å². The van der Waals surface area contributed by atoms with Gasteiger partial charge < -0.3 is 20.1 Å². The van der Waals surface area contributed by atoms with E-state index in [-0.39, 0.29) is 31.4 Å². The maximum absolute atomic E-state index is 12.3. The molecule has 0 radical (unpaired) electrons. The van der Waals surface area contributed by atoms with Crippen LogP contribution in [0.3, 0.4) is 0 Å². The molecule has 1 aliphatic heterocycles. The average molecular weight is 349 g/mol. The van der Waals surface area contributed by atoms with E-state index in [2.05, 4.69) is 5.32 Å². The zero-order chi connectivity index (χ0) is 18.2. The van der Waals surface area contributed by atoms with Crippen molar-refractivity contribution in [2.45, 2.75) is 25.9 Å². The van der Waals surface area contributed by atoms with Gasteiger partial charge in [0.1, 0.15) is 5.75 Å². The molecular weight excluding hydrogens is 322 g/mol. The van der Waals surface area contributed by atoms with Gasteiger partial charge in [0.25, 0.3) is 0 Å². The number of hydrogen-bond acceptors (Lipinski definition) is 5. The van der Waals surface area contributed by atoms with E-state index >= 15 is 0 Å². The molecule has 2 N–H and O–H groups in total. The number of amides is 2. The lowest BCUT2D eigenvalue weighted by molar-refractivity contribution is -0.138. The van der Waals surface area contributed by atoms with Gasteiger partial charge in [0.05, 0.1) is 25.7 Å². The second-order valence-corrected chi connectivity index (χ2v) is 6.06. The van der Waals surface area contributed by atoms with E-state index in [1.165, 1.54) is 4.90 Å². The Hall–Kier alpha value is -2.12. The highest BCUT2D eigenvalue weighted by Gasteiger charge is 2.32. The molecule has 2 rings (SSSR count). The van der Waals surface area contributed by atoms with Crippen LogP contribution in [0.4, 0.5) is 0 Å². The monoisotopic (exact) mass is 349 g/mol. The van der Waals surface area contributed by atoms with Crippen molar-refractivity contribution in [3.8, 4) is 5.75 Å². The topological polar surface area (TPSA) is 82.1 Å². The van der Waals surface area contributed by atoms with Crippen molar-refractivity contribution in [1.29, 1.82) is 0 Å². The Bertz CT molecular complexity index is 593. The summed E-state index contributed by atoms with van der Waals surface area (Å²) in [5, 5.41) is 11.8. The molecule has 1 aliphatic rings. The lowest BCUT2D eigenvalue weighted by Gasteiger charge is -2.35. The summed E-state index contributed by atoms with van der Waals surface area (Å²) in [7, 11) is 1.63. The van der Waals surface area contributed by atoms with Gasteiger partial charge in [0.15, 0.2) is 0 Å². The molecule has 0 bridgehead atoms. The van der Waals surface area contributed by atoms with Crippen molar-refractivity contribution in [3.05, 3.63) is 29.8 Å². The van der Waals surface area contributed by atoms with E-state index in [4.69, 9.17) is 9.84 Å². The highest BCUT2D eigenvalue weighted by molar-refractivity contribution is 5.88. The Labute approximate surface area is 148 Å². The molecule has 25 heavy (non-hydrogen) atoms. The summed E-state index contributed by atoms with van der Waals surface area (Å²) in [5.74, 6) is 0.517. The molecule has 1 atom stereocenters. The summed E-state index contributed by atoms with van der Waals surface area (Å²) in [6, 6.07) is 7.24. The van der Waals surface area contributed by atoms with Gasteiger partial charge in [-0.3, -0.25) is 14.5 Å². The zero-order valence-corrected chi connectivity index (χ0v) is 14.9. The molecule has 1 saturated heterocycles. The van der Waals surface area contributed by atoms with Crippen molar-refractivity contribution >= 4 is 11.8 Å². The molecule has 1 aromatic rings. The predicted octanol–water partition coefficient (Wildman–Crippen LogP) is 0.227. The van der Waals surface area contributed by atoms with Crippen LogP contribution in [0.2, 0.25) is 0 Å². The summed E-state index contributed by atoms with van der Waals surface area (Å²) < 4.78 is 5.66. The van der Waals surface area contributed by atoms with Gasteiger partial charge in [0, 0.05) is 38.8 Å². The van der Waals surface area contributed by atoms with Crippen molar-refractivity contribution in [3.63, 3.8) is 0 Å². The van der Waals surface area contributed by atoms with Crippen molar-refractivity contribution in [1.82, 2.24) is 15.1 Å². The number of hydrogen-bond donors (Lipinski definition) is 2. The third-order valence-electron chi connectivity index (χ3n) is 4.32. The van der Waals surface area contributed by atoms with Gasteiger partial charge in [0.2, 0.25) is 11.8 Å². The first-order chi connectivity index (χ1) is 12.1. The van der Waals surface area contributed by atoms with Crippen LogP contribution in [0.1, 0.15) is 18.9 Å². The Morgan fingerprint density at radius 2 is 2.20 bits per heavy atom. The van der Waals surface area contributed by atoms with E-state index in [0.29, 0.717) is 26.2 Å². The van der Waals surface area contributed by atoms with Crippen LogP contribution in [0.25, 0.3) is 0 Å². The molecule has 138 valence electrons. The van der Waals surface area contributed by atoms with E-state index in [1.807, 2.05) is 36.1 Å². The Morgan fingerprint density at radius 1 is 1.44 bits per heavy atom. The number of benzene rings is 1. The minimum atomic E-state index is -0.517. The second kappa shape index (κ2) is 9.39. The molecule has 7 heteroatoms. The third-order valence-corrected chi connectivity index (χ3v) is 4.32. The summed E-state index contributed by atoms with van der Waals surface area (Å²) in [5.41, 5.74) is 1.00. The lowest BCUT2D eigenvalue weighted by Crippen LogP contribution is -2.56. The van der Waals surface area contributed by atoms with Gasteiger partial charge >= 0.3 is 0 Å². The molecule has 1 aromatic carbocycles. The number of carbonyl (C=O) groups is 2. The smallest absolute Gasteiger partial charge is 0.237 e. The maximum atomic E-state index is 12.3. The van der Waals surface area contributed by atoms with Crippen molar-refractivity contribution in [2.75, 3.05) is 39.9 Å². The highest BCUT2D eigenvalue weighted by Crippen LogP contribution is 2.22. The van der Waals surface area contributed by atoms with E-state index in [9.17, 15) is 9.59 Å². The summed E-state index contributed by atoms with van der Waals surface area (Å²) in [6.45, 7) is 4.46. The first kappa shape index (κ1) is 19.2. The van der Waals surface area contributed by atoms with Crippen LogP contribution in [-0.2, 0) is 16.1 Å². The minimum absolute atomic E-state index is 0.0927. The predicted molar refractivity (Wildman–Crippen MR) is 94.2 cm³/mol. The molecule has 1 heterocycles. The highest BCUT2D eigenvalue weighted by atomic mass is 16.5. The van der Waals surface area contributed by atoms with Gasteiger partial charge in [-0.2, -0.15) is 0 Å². The Balaban J connectivity index is 2.11. The minimum Gasteiger partial charge on any atom is -0.494 e. The molecule has 1 fully saturated rings. The number of likely N-dealkylation sites (N-methyl/N-ethyl adjacent to an activating group) is 1. The average Bonchev–Trinajstić information content (AvgIpc) is 2.60. The number of carbonyl (C=O) groups excluding carboxylic acids is 2. The van der Waals surface area contributed by atoms with Gasteiger partial charge in [-0.05, 0) is 13.0 Å². The third kappa shape index (κ3) is 5.17. The number of rotatable bonds is 8. The molecule has 0 unspecified atom stereocenters. The molecular formula is C18H27N3O4. The largest absolute Gasteiger partial charge is 0.494 e. The Kier molecular flexibility index (Phi) is 7.21. The quantitative estimate of drug-likeness (QED) is 0.702. The van der Waals surface area contributed by atoms with Crippen LogP contribution in [0.5, 0.6) is 5.75 Å². The van der Waals surface area contributed by atoms with Crippen LogP contribution in [0.15, 0.2) is 24.3 Å². The van der Waals surface area contributed by atoms with Gasteiger partial charge in [-0.1, -0.05) is 18.2 Å². The standard InChI is InChI=1S/C18H27N3O4/c1-3-25-16-7-5-4-6-14(16)13-21-9-8-19-18(24)15(21)12-17(23)20(2)10-11-22/h4-7,15,22H,3,8-13H2,1-2H3,(H,19,24)/t15-/m1/s1.